The fourth-order valence-corrected chi connectivity index (χ4v) is 2.31. The first-order chi connectivity index (χ1) is 13.8. The van der Waals surface area contributed by atoms with Gasteiger partial charge in [-0.05, 0) is 41.8 Å². The normalized spacial score (nSPS) is 10.8. The molecule has 0 atom stereocenters. The molecule has 8 heteroatoms. The van der Waals surface area contributed by atoms with Crippen LogP contribution in [0.4, 0.5) is 11.4 Å². The number of hydrogen-bond acceptors (Lipinski definition) is 4. The molecule has 2 aromatic rings. The molecule has 0 bridgehead atoms. The summed E-state index contributed by atoms with van der Waals surface area (Å²) in [5.74, 6) is -3.46. The van der Waals surface area contributed by atoms with E-state index in [2.05, 4.69) is 10.6 Å². The standard InChI is InChI=1S/C21H18N2O6/c24-18(9-11-20(26)27)22-16-5-1-14(2-6-16)13-15-3-7-17(8-4-15)23-19(25)10-12-21(28)29/h1-12H,13H2,(H,22,24)(H,23,25)(H,26,27)(H,28,29)/b11-9-,12-10+. The molecule has 0 fully saturated rings. The van der Waals surface area contributed by atoms with Crippen LogP contribution < -0.4 is 10.6 Å². The molecule has 8 nitrogen and oxygen atoms in total. The third-order valence-corrected chi connectivity index (χ3v) is 3.61. The van der Waals surface area contributed by atoms with Crippen molar-refractivity contribution in [2.45, 2.75) is 6.42 Å². The monoisotopic (exact) mass is 394 g/mol. The van der Waals surface area contributed by atoms with Gasteiger partial charge in [-0.15, -0.1) is 0 Å². The van der Waals surface area contributed by atoms with Gasteiger partial charge >= 0.3 is 11.9 Å². The van der Waals surface area contributed by atoms with E-state index in [9.17, 15) is 19.2 Å². The summed E-state index contributed by atoms with van der Waals surface area (Å²) in [7, 11) is 0. The van der Waals surface area contributed by atoms with Crippen molar-refractivity contribution in [1.29, 1.82) is 0 Å². The maximum Gasteiger partial charge on any atom is 0.328 e. The predicted molar refractivity (Wildman–Crippen MR) is 107 cm³/mol. The van der Waals surface area contributed by atoms with E-state index in [1.54, 1.807) is 24.3 Å². The largest absolute Gasteiger partial charge is 0.478 e. The number of carboxylic acid groups (broad SMARTS) is 2. The first kappa shape index (κ1) is 21.1. The van der Waals surface area contributed by atoms with Gasteiger partial charge in [0.2, 0.25) is 11.8 Å². The fourth-order valence-electron chi connectivity index (χ4n) is 2.31. The zero-order chi connectivity index (χ0) is 21.2. The molecule has 0 aliphatic carbocycles. The molecule has 2 amide bonds. The summed E-state index contributed by atoms with van der Waals surface area (Å²) in [6, 6.07) is 14.2. The first-order valence-corrected chi connectivity index (χ1v) is 8.43. The van der Waals surface area contributed by atoms with Crippen LogP contribution in [-0.2, 0) is 25.6 Å². The molecule has 0 saturated heterocycles. The highest BCUT2D eigenvalue weighted by atomic mass is 16.4. The van der Waals surface area contributed by atoms with E-state index >= 15 is 0 Å². The highest BCUT2D eigenvalue weighted by Crippen LogP contribution is 2.16. The van der Waals surface area contributed by atoms with E-state index in [-0.39, 0.29) is 0 Å². The Labute approximate surface area is 166 Å². The smallest absolute Gasteiger partial charge is 0.328 e. The Bertz CT molecular complexity index is 880. The molecule has 4 N–H and O–H groups in total. The Kier molecular flexibility index (Phi) is 7.43. The minimum absolute atomic E-state index is 0.531. The van der Waals surface area contributed by atoms with E-state index in [1.807, 2.05) is 24.3 Å². The number of nitrogens with one attached hydrogen (secondary N) is 2. The van der Waals surface area contributed by atoms with E-state index in [0.29, 0.717) is 17.8 Å². The van der Waals surface area contributed by atoms with E-state index in [4.69, 9.17) is 10.2 Å². The van der Waals surface area contributed by atoms with Crippen molar-refractivity contribution in [3.63, 3.8) is 0 Å². The third-order valence-electron chi connectivity index (χ3n) is 3.61. The molecule has 0 aromatic heterocycles. The molecule has 29 heavy (non-hydrogen) atoms. The van der Waals surface area contributed by atoms with Crippen LogP contribution in [0, 0.1) is 0 Å². The van der Waals surface area contributed by atoms with E-state index < -0.39 is 23.8 Å². The Balaban J connectivity index is 1.91. The zero-order valence-corrected chi connectivity index (χ0v) is 15.2. The second-order valence-electron chi connectivity index (χ2n) is 5.89. The van der Waals surface area contributed by atoms with Gasteiger partial charge in [-0.25, -0.2) is 9.59 Å². The van der Waals surface area contributed by atoms with Crippen molar-refractivity contribution >= 4 is 35.1 Å². The molecular formula is C21H18N2O6. The van der Waals surface area contributed by atoms with Crippen molar-refractivity contribution in [3.05, 3.63) is 84.0 Å². The van der Waals surface area contributed by atoms with Crippen LogP contribution in [-0.4, -0.2) is 34.0 Å². The van der Waals surface area contributed by atoms with Gasteiger partial charge in [0.05, 0.1) is 0 Å². The third kappa shape index (κ3) is 7.92. The molecule has 0 saturated carbocycles. The maximum absolute atomic E-state index is 11.6. The molecule has 0 radical (unpaired) electrons. The van der Waals surface area contributed by atoms with Gasteiger partial charge in [-0.1, -0.05) is 24.3 Å². The molecular weight excluding hydrogens is 376 g/mol. The second kappa shape index (κ2) is 10.2. The number of carboxylic acids is 2. The molecule has 2 aromatic carbocycles. The van der Waals surface area contributed by atoms with Crippen LogP contribution >= 0.6 is 0 Å². The van der Waals surface area contributed by atoms with Crippen molar-refractivity contribution in [3.8, 4) is 0 Å². The molecule has 0 aliphatic heterocycles. The van der Waals surface area contributed by atoms with Crippen molar-refractivity contribution in [2.24, 2.45) is 0 Å². The van der Waals surface area contributed by atoms with E-state index in [0.717, 1.165) is 35.4 Å². The van der Waals surface area contributed by atoms with Crippen molar-refractivity contribution in [2.75, 3.05) is 10.6 Å². The summed E-state index contributed by atoms with van der Waals surface area (Å²) in [5, 5.41) is 22.1. The Morgan fingerprint density at radius 2 is 0.966 bits per heavy atom. The summed E-state index contributed by atoms with van der Waals surface area (Å²) in [6.07, 6.45) is 4.03. The van der Waals surface area contributed by atoms with Gasteiger partial charge in [0.25, 0.3) is 0 Å². The SMILES string of the molecule is O=C(O)/C=C\C(=O)Nc1ccc(Cc2ccc(NC(=O)/C=C/C(=O)O)cc2)cc1. The molecule has 0 heterocycles. The first-order valence-electron chi connectivity index (χ1n) is 8.43. The Hall–Kier alpha value is -4.20. The van der Waals surface area contributed by atoms with Gasteiger partial charge in [-0.2, -0.15) is 0 Å². The number of hydrogen-bond donors (Lipinski definition) is 4. The molecule has 2 rings (SSSR count). The zero-order valence-electron chi connectivity index (χ0n) is 15.2. The lowest BCUT2D eigenvalue weighted by atomic mass is 10.0. The quantitative estimate of drug-likeness (QED) is 0.508. The number of benzene rings is 2. The summed E-state index contributed by atoms with van der Waals surface area (Å²) in [6.45, 7) is 0. The second-order valence-corrected chi connectivity index (χ2v) is 5.89. The van der Waals surface area contributed by atoms with Gasteiger partial charge < -0.3 is 20.8 Å². The van der Waals surface area contributed by atoms with Crippen LogP contribution in [0.3, 0.4) is 0 Å². The average molecular weight is 394 g/mol. The summed E-state index contributed by atoms with van der Waals surface area (Å²) in [4.78, 5) is 43.9. The minimum Gasteiger partial charge on any atom is -0.478 e. The predicted octanol–water partition coefficient (Wildman–Crippen LogP) is 2.44. The van der Waals surface area contributed by atoms with Crippen molar-refractivity contribution < 1.29 is 29.4 Å². The number of carbonyl (C=O) groups is 4. The van der Waals surface area contributed by atoms with Crippen LogP contribution in [0.2, 0.25) is 0 Å². The molecule has 0 spiro atoms. The van der Waals surface area contributed by atoms with Gasteiger partial charge in [0.15, 0.2) is 0 Å². The molecule has 148 valence electrons. The number of anilines is 2. The maximum atomic E-state index is 11.6. The summed E-state index contributed by atoms with van der Waals surface area (Å²) >= 11 is 0. The fraction of sp³-hybridized carbons (Fsp3) is 0.0476. The number of carbonyl (C=O) groups excluding carboxylic acids is 2. The van der Waals surface area contributed by atoms with Gasteiger partial charge in [0, 0.05) is 35.7 Å². The van der Waals surface area contributed by atoms with Crippen molar-refractivity contribution in [1.82, 2.24) is 0 Å². The lowest BCUT2D eigenvalue weighted by molar-refractivity contribution is -0.132. The summed E-state index contributed by atoms with van der Waals surface area (Å²) < 4.78 is 0. The minimum atomic E-state index is -1.20. The molecule has 0 unspecified atom stereocenters. The Morgan fingerprint density at radius 1 is 0.621 bits per heavy atom. The molecule has 0 aliphatic rings. The summed E-state index contributed by atoms with van der Waals surface area (Å²) in [5.41, 5.74) is 3.07. The topological polar surface area (TPSA) is 133 Å². The van der Waals surface area contributed by atoms with Gasteiger partial charge in [0.1, 0.15) is 0 Å². The number of aliphatic carboxylic acids is 2. The lowest BCUT2D eigenvalue weighted by Crippen LogP contribution is -2.08. The van der Waals surface area contributed by atoms with Crippen LogP contribution in [0.1, 0.15) is 11.1 Å². The highest BCUT2D eigenvalue weighted by molar-refractivity contribution is 6.02. The van der Waals surface area contributed by atoms with E-state index in [1.165, 1.54) is 0 Å². The highest BCUT2D eigenvalue weighted by Gasteiger charge is 2.02. The van der Waals surface area contributed by atoms with Crippen LogP contribution in [0.15, 0.2) is 72.8 Å². The van der Waals surface area contributed by atoms with Crippen LogP contribution in [0.5, 0.6) is 0 Å². The van der Waals surface area contributed by atoms with Gasteiger partial charge in [-0.3, -0.25) is 9.59 Å². The lowest BCUT2D eigenvalue weighted by Gasteiger charge is -2.07. The van der Waals surface area contributed by atoms with Crippen LogP contribution in [0.25, 0.3) is 0 Å². The number of rotatable bonds is 8. The number of amides is 2. The Morgan fingerprint density at radius 3 is 1.28 bits per heavy atom. The average Bonchev–Trinajstić information content (AvgIpc) is 2.68.